The molecule has 2 N–H and O–H groups in total. The van der Waals surface area contributed by atoms with Gasteiger partial charge in [0, 0.05) is 6.54 Å². The highest BCUT2D eigenvalue weighted by molar-refractivity contribution is 7.13. The van der Waals surface area contributed by atoms with Gasteiger partial charge in [-0.05, 0) is 31.4 Å². The maximum absolute atomic E-state index is 11.3. The lowest BCUT2D eigenvalue weighted by atomic mass is 10.0. The van der Waals surface area contributed by atoms with Crippen molar-refractivity contribution < 1.29 is 4.79 Å². The smallest absolute Gasteiger partial charge is 0.260 e. The second-order valence-corrected chi connectivity index (χ2v) is 6.77. The molecule has 0 aliphatic carbocycles. The number of aromatic nitrogens is 1. The summed E-state index contributed by atoms with van der Waals surface area (Å²) in [4.78, 5) is 18.8. The molecule has 5 heteroatoms. The van der Waals surface area contributed by atoms with Crippen LogP contribution < -0.4 is 5.73 Å². The molecule has 1 amide bonds. The molecule has 1 atom stereocenters. The third-order valence-corrected chi connectivity index (χ3v) is 5.31. The third-order valence-electron chi connectivity index (χ3n) is 4.20. The number of thiazole rings is 1. The summed E-state index contributed by atoms with van der Waals surface area (Å²) in [5.74, 6) is -0.379. The van der Waals surface area contributed by atoms with Crippen LogP contribution in [0.2, 0.25) is 0 Å². The van der Waals surface area contributed by atoms with Crippen LogP contribution in [0.3, 0.4) is 0 Å². The van der Waals surface area contributed by atoms with Crippen molar-refractivity contribution in [1.29, 1.82) is 0 Å². The van der Waals surface area contributed by atoms with E-state index in [-0.39, 0.29) is 5.91 Å². The van der Waals surface area contributed by atoms with Crippen molar-refractivity contribution in [3.05, 3.63) is 52.0 Å². The first-order valence-corrected chi connectivity index (χ1v) is 8.59. The molecule has 0 unspecified atom stereocenters. The van der Waals surface area contributed by atoms with Crippen LogP contribution in [0.5, 0.6) is 0 Å². The molecule has 1 aliphatic heterocycles. The highest BCUT2D eigenvalue weighted by Crippen LogP contribution is 2.33. The lowest BCUT2D eigenvalue weighted by Crippen LogP contribution is -2.34. The van der Waals surface area contributed by atoms with Crippen molar-refractivity contribution >= 4 is 17.2 Å². The van der Waals surface area contributed by atoms with Gasteiger partial charge in [-0.1, -0.05) is 36.8 Å². The maximum Gasteiger partial charge on any atom is 0.260 e. The number of hydrogen-bond acceptors (Lipinski definition) is 4. The molecule has 0 spiro atoms. The number of carbonyl (C=O) groups excluding carboxylic acids is 1. The number of benzene rings is 1. The molecule has 1 fully saturated rings. The molecule has 22 heavy (non-hydrogen) atoms. The molecule has 0 bridgehead atoms. The second-order valence-electron chi connectivity index (χ2n) is 5.71. The molecular weight excluding hydrogens is 294 g/mol. The molecule has 0 saturated carbocycles. The van der Waals surface area contributed by atoms with Gasteiger partial charge in [-0.3, -0.25) is 9.69 Å². The van der Waals surface area contributed by atoms with Crippen molar-refractivity contribution in [1.82, 2.24) is 9.88 Å². The minimum atomic E-state index is -0.379. The highest BCUT2D eigenvalue weighted by Gasteiger charge is 2.26. The summed E-state index contributed by atoms with van der Waals surface area (Å²) < 4.78 is 0. The summed E-state index contributed by atoms with van der Waals surface area (Å²) in [7, 11) is 0. The van der Waals surface area contributed by atoms with Crippen LogP contribution in [-0.2, 0) is 6.42 Å². The number of amides is 1. The number of rotatable bonds is 5. The molecule has 1 aromatic heterocycles. The van der Waals surface area contributed by atoms with Crippen molar-refractivity contribution in [2.45, 2.75) is 31.7 Å². The number of nitrogens with two attached hydrogens (primary N) is 1. The van der Waals surface area contributed by atoms with Gasteiger partial charge in [-0.15, -0.1) is 11.3 Å². The SMILES string of the molecule is NC(=O)c1cnc([C@@H]2CCCCN2CCc2ccccc2)s1. The van der Waals surface area contributed by atoms with Gasteiger partial charge in [0.25, 0.3) is 5.91 Å². The van der Waals surface area contributed by atoms with Crippen LogP contribution in [0.1, 0.15) is 45.5 Å². The van der Waals surface area contributed by atoms with Gasteiger partial charge in [0.1, 0.15) is 9.88 Å². The molecule has 2 aromatic rings. The van der Waals surface area contributed by atoms with E-state index in [1.54, 1.807) is 6.20 Å². The number of piperidine rings is 1. The van der Waals surface area contributed by atoms with E-state index in [1.807, 2.05) is 6.07 Å². The zero-order chi connectivity index (χ0) is 15.4. The topological polar surface area (TPSA) is 59.2 Å². The predicted octanol–water partition coefficient (Wildman–Crippen LogP) is 3.01. The molecule has 1 aliphatic rings. The average molecular weight is 315 g/mol. The van der Waals surface area contributed by atoms with E-state index in [0.29, 0.717) is 10.9 Å². The highest BCUT2D eigenvalue weighted by atomic mass is 32.1. The van der Waals surface area contributed by atoms with E-state index in [0.717, 1.165) is 30.9 Å². The maximum atomic E-state index is 11.3. The molecule has 0 radical (unpaired) electrons. The molecule has 1 aromatic carbocycles. The molecule has 116 valence electrons. The fourth-order valence-electron chi connectivity index (χ4n) is 3.01. The molecule has 3 rings (SSSR count). The zero-order valence-corrected chi connectivity index (χ0v) is 13.4. The third kappa shape index (κ3) is 3.54. The van der Waals surface area contributed by atoms with Gasteiger partial charge in [0.2, 0.25) is 0 Å². The Kier molecular flexibility index (Phi) is 4.85. The van der Waals surface area contributed by atoms with Crippen molar-refractivity contribution in [3.8, 4) is 0 Å². The Morgan fingerprint density at radius 3 is 2.86 bits per heavy atom. The lowest BCUT2D eigenvalue weighted by Gasteiger charge is -2.34. The fourth-order valence-corrected chi connectivity index (χ4v) is 3.95. The Labute approximate surface area is 135 Å². The molecule has 1 saturated heterocycles. The van der Waals surface area contributed by atoms with Gasteiger partial charge in [-0.2, -0.15) is 0 Å². The summed E-state index contributed by atoms with van der Waals surface area (Å²) in [6.45, 7) is 2.13. The summed E-state index contributed by atoms with van der Waals surface area (Å²) in [5, 5.41) is 1.03. The first-order valence-electron chi connectivity index (χ1n) is 7.77. The number of hydrogen-bond donors (Lipinski definition) is 1. The van der Waals surface area contributed by atoms with Crippen LogP contribution in [0.15, 0.2) is 36.5 Å². The summed E-state index contributed by atoms with van der Waals surface area (Å²) in [6, 6.07) is 10.9. The zero-order valence-electron chi connectivity index (χ0n) is 12.6. The van der Waals surface area contributed by atoms with Crippen molar-refractivity contribution in [2.75, 3.05) is 13.1 Å². The Balaban J connectivity index is 1.69. The monoisotopic (exact) mass is 315 g/mol. The summed E-state index contributed by atoms with van der Waals surface area (Å²) in [5.41, 5.74) is 6.71. The van der Waals surface area contributed by atoms with Crippen molar-refractivity contribution in [2.24, 2.45) is 5.73 Å². The summed E-state index contributed by atoms with van der Waals surface area (Å²) in [6.07, 6.45) is 6.23. The first kappa shape index (κ1) is 15.2. The second kappa shape index (κ2) is 7.03. The predicted molar refractivity (Wildman–Crippen MR) is 88.9 cm³/mol. The van der Waals surface area contributed by atoms with E-state index in [9.17, 15) is 4.79 Å². The van der Waals surface area contributed by atoms with Crippen LogP contribution in [-0.4, -0.2) is 28.9 Å². The normalized spacial score (nSPS) is 19.2. The van der Waals surface area contributed by atoms with Gasteiger partial charge in [0.15, 0.2) is 0 Å². The van der Waals surface area contributed by atoms with Gasteiger partial charge < -0.3 is 5.73 Å². The van der Waals surface area contributed by atoms with Crippen molar-refractivity contribution in [3.63, 3.8) is 0 Å². The van der Waals surface area contributed by atoms with Crippen LogP contribution in [0.4, 0.5) is 0 Å². The summed E-state index contributed by atoms with van der Waals surface area (Å²) >= 11 is 1.45. The van der Waals surface area contributed by atoms with Gasteiger partial charge in [0.05, 0.1) is 12.2 Å². The fraction of sp³-hybridized carbons (Fsp3) is 0.412. The largest absolute Gasteiger partial charge is 0.365 e. The molecule has 4 nitrogen and oxygen atoms in total. The van der Waals surface area contributed by atoms with E-state index >= 15 is 0 Å². The van der Waals surface area contributed by atoms with E-state index in [1.165, 1.54) is 29.7 Å². The molecular formula is C17H21N3OS. The minimum absolute atomic E-state index is 0.329. The van der Waals surface area contributed by atoms with Gasteiger partial charge >= 0.3 is 0 Å². The quantitative estimate of drug-likeness (QED) is 0.922. The standard InChI is InChI=1S/C17H21N3OS/c18-16(21)15-12-19-17(22-15)14-8-4-5-10-20(14)11-9-13-6-2-1-3-7-13/h1-3,6-7,12,14H,4-5,8-11H2,(H2,18,21)/t14-/m0/s1. The first-order chi connectivity index (χ1) is 10.7. The van der Waals surface area contributed by atoms with E-state index in [4.69, 9.17) is 5.73 Å². The Morgan fingerprint density at radius 2 is 2.14 bits per heavy atom. The number of carbonyl (C=O) groups is 1. The number of likely N-dealkylation sites (tertiary alicyclic amines) is 1. The van der Waals surface area contributed by atoms with Crippen LogP contribution in [0.25, 0.3) is 0 Å². The Bertz CT molecular complexity index is 626. The number of primary amides is 1. The average Bonchev–Trinajstić information content (AvgIpc) is 3.04. The minimum Gasteiger partial charge on any atom is -0.365 e. The van der Waals surface area contributed by atoms with E-state index < -0.39 is 0 Å². The lowest BCUT2D eigenvalue weighted by molar-refractivity contribution is 0.100. The number of nitrogens with zero attached hydrogens (tertiary/aromatic N) is 2. The van der Waals surface area contributed by atoms with Crippen LogP contribution >= 0.6 is 11.3 Å². The van der Waals surface area contributed by atoms with E-state index in [2.05, 4.69) is 34.1 Å². The van der Waals surface area contributed by atoms with Gasteiger partial charge in [-0.25, -0.2) is 4.98 Å². The molecule has 2 heterocycles. The Morgan fingerprint density at radius 1 is 1.32 bits per heavy atom. The van der Waals surface area contributed by atoms with Crippen LogP contribution in [0, 0.1) is 0 Å². The Hall–Kier alpha value is -1.72.